The Morgan fingerprint density at radius 2 is 1.59 bits per heavy atom. The number of aryl methyl sites for hydroxylation is 1. The third-order valence-corrected chi connectivity index (χ3v) is 3.78. The predicted octanol–water partition coefficient (Wildman–Crippen LogP) is 2.86. The van der Waals surface area contributed by atoms with Gasteiger partial charge in [-0.1, -0.05) is 35.9 Å². The van der Waals surface area contributed by atoms with Gasteiger partial charge in [-0.2, -0.15) is 0 Å². The SMILES string of the molecule is Cc1cccc(C(=O)CCN2C(=O)c3ccccc3C2=O)c1. The van der Waals surface area contributed by atoms with Gasteiger partial charge in [0, 0.05) is 18.5 Å². The third-order valence-electron chi connectivity index (χ3n) is 3.78. The Hall–Kier alpha value is -2.75. The molecule has 4 nitrogen and oxygen atoms in total. The van der Waals surface area contributed by atoms with Gasteiger partial charge in [0.25, 0.3) is 11.8 Å². The van der Waals surface area contributed by atoms with Gasteiger partial charge in [-0.25, -0.2) is 0 Å². The van der Waals surface area contributed by atoms with E-state index < -0.39 is 0 Å². The molecule has 0 radical (unpaired) electrons. The second kappa shape index (κ2) is 5.56. The van der Waals surface area contributed by atoms with Crippen LogP contribution in [0.4, 0.5) is 0 Å². The standard InChI is InChI=1S/C18H15NO3/c1-12-5-4-6-13(11-12)16(20)9-10-19-17(21)14-7-2-3-8-15(14)18(19)22/h2-8,11H,9-10H2,1H3. The number of hydrogen-bond acceptors (Lipinski definition) is 3. The fraction of sp³-hybridized carbons (Fsp3) is 0.167. The van der Waals surface area contributed by atoms with Crippen LogP contribution in [-0.4, -0.2) is 29.0 Å². The molecule has 0 unspecified atom stereocenters. The molecular formula is C18H15NO3. The molecule has 0 saturated heterocycles. The van der Waals surface area contributed by atoms with Gasteiger partial charge in [-0.05, 0) is 25.1 Å². The van der Waals surface area contributed by atoms with Crippen LogP contribution in [-0.2, 0) is 0 Å². The van der Waals surface area contributed by atoms with Crippen molar-refractivity contribution in [3.8, 4) is 0 Å². The highest BCUT2D eigenvalue weighted by atomic mass is 16.2. The van der Waals surface area contributed by atoms with Crippen molar-refractivity contribution in [3.63, 3.8) is 0 Å². The number of carbonyl (C=O) groups excluding carboxylic acids is 3. The molecule has 2 aromatic rings. The molecule has 1 aliphatic rings. The summed E-state index contributed by atoms with van der Waals surface area (Å²) in [5.74, 6) is -0.712. The van der Waals surface area contributed by atoms with Crippen molar-refractivity contribution in [3.05, 3.63) is 70.8 Å². The summed E-state index contributed by atoms with van der Waals surface area (Å²) in [6.07, 6.45) is 0.134. The average Bonchev–Trinajstić information content (AvgIpc) is 2.77. The van der Waals surface area contributed by atoms with Crippen molar-refractivity contribution in [2.75, 3.05) is 6.54 Å². The molecule has 2 amide bonds. The number of fused-ring (bicyclic) bond motifs is 1. The molecule has 3 rings (SSSR count). The summed E-state index contributed by atoms with van der Waals surface area (Å²) < 4.78 is 0. The van der Waals surface area contributed by atoms with E-state index in [4.69, 9.17) is 0 Å². The Bertz CT molecular complexity index is 744. The van der Waals surface area contributed by atoms with E-state index >= 15 is 0 Å². The Morgan fingerprint density at radius 1 is 0.955 bits per heavy atom. The maximum Gasteiger partial charge on any atom is 0.261 e. The van der Waals surface area contributed by atoms with E-state index in [2.05, 4.69) is 0 Å². The molecule has 1 heterocycles. The van der Waals surface area contributed by atoms with E-state index in [0.717, 1.165) is 10.5 Å². The zero-order chi connectivity index (χ0) is 15.7. The molecule has 0 saturated carbocycles. The molecule has 22 heavy (non-hydrogen) atoms. The molecule has 0 bridgehead atoms. The van der Waals surface area contributed by atoms with Gasteiger partial charge in [-0.15, -0.1) is 0 Å². The number of amides is 2. The Balaban J connectivity index is 1.72. The molecule has 0 N–H and O–H groups in total. The topological polar surface area (TPSA) is 54.5 Å². The summed E-state index contributed by atoms with van der Waals surface area (Å²) >= 11 is 0. The van der Waals surface area contributed by atoms with Crippen molar-refractivity contribution >= 4 is 17.6 Å². The summed E-state index contributed by atoms with van der Waals surface area (Å²) in [6, 6.07) is 14.0. The number of carbonyl (C=O) groups is 3. The van der Waals surface area contributed by atoms with Crippen LogP contribution in [0.15, 0.2) is 48.5 Å². The Kier molecular flexibility index (Phi) is 3.59. The fourth-order valence-corrected chi connectivity index (χ4v) is 2.62. The summed E-state index contributed by atoms with van der Waals surface area (Å²) in [5.41, 5.74) is 2.44. The zero-order valence-corrected chi connectivity index (χ0v) is 12.2. The van der Waals surface area contributed by atoms with E-state index in [1.807, 2.05) is 25.1 Å². The lowest BCUT2D eigenvalue weighted by Gasteiger charge is -2.13. The van der Waals surface area contributed by atoms with Crippen LogP contribution in [0.5, 0.6) is 0 Å². The van der Waals surface area contributed by atoms with Crippen LogP contribution >= 0.6 is 0 Å². The van der Waals surface area contributed by atoms with Crippen LogP contribution in [0, 0.1) is 6.92 Å². The number of nitrogens with zero attached hydrogens (tertiary/aromatic N) is 1. The van der Waals surface area contributed by atoms with E-state index in [1.165, 1.54) is 0 Å². The summed E-state index contributed by atoms with van der Waals surface area (Å²) in [4.78, 5) is 37.7. The molecule has 110 valence electrons. The maximum absolute atomic E-state index is 12.2. The molecule has 0 aromatic heterocycles. The number of ketones is 1. The number of rotatable bonds is 4. The second-order valence-electron chi connectivity index (χ2n) is 5.35. The quantitative estimate of drug-likeness (QED) is 0.643. The maximum atomic E-state index is 12.2. The highest BCUT2D eigenvalue weighted by Gasteiger charge is 2.34. The predicted molar refractivity (Wildman–Crippen MR) is 81.9 cm³/mol. The largest absolute Gasteiger partial charge is 0.294 e. The minimum absolute atomic E-state index is 0.0692. The number of imide groups is 1. The first-order chi connectivity index (χ1) is 10.6. The molecular weight excluding hydrogens is 278 g/mol. The molecule has 2 aromatic carbocycles. The van der Waals surface area contributed by atoms with Gasteiger partial charge in [0.05, 0.1) is 11.1 Å². The second-order valence-corrected chi connectivity index (χ2v) is 5.35. The summed E-state index contributed by atoms with van der Waals surface area (Å²) in [6.45, 7) is 2.03. The Morgan fingerprint density at radius 3 is 2.18 bits per heavy atom. The highest BCUT2D eigenvalue weighted by molar-refractivity contribution is 6.21. The third kappa shape index (κ3) is 2.44. The van der Waals surface area contributed by atoms with Crippen molar-refractivity contribution in [1.82, 2.24) is 4.90 Å². The van der Waals surface area contributed by atoms with Crippen LogP contribution in [0.2, 0.25) is 0 Å². The molecule has 0 spiro atoms. The smallest absolute Gasteiger partial charge is 0.261 e. The van der Waals surface area contributed by atoms with E-state index in [9.17, 15) is 14.4 Å². The highest BCUT2D eigenvalue weighted by Crippen LogP contribution is 2.22. The Labute approximate surface area is 128 Å². The van der Waals surface area contributed by atoms with E-state index in [-0.39, 0.29) is 30.6 Å². The van der Waals surface area contributed by atoms with Gasteiger partial charge in [0.15, 0.2) is 5.78 Å². The van der Waals surface area contributed by atoms with Gasteiger partial charge in [0.2, 0.25) is 0 Å². The first-order valence-electron chi connectivity index (χ1n) is 7.13. The lowest BCUT2D eigenvalue weighted by Crippen LogP contribution is -2.31. The number of Topliss-reactive ketones (excluding diaryl/α,β-unsaturated/α-hetero) is 1. The van der Waals surface area contributed by atoms with Crippen molar-refractivity contribution in [1.29, 1.82) is 0 Å². The van der Waals surface area contributed by atoms with Crippen molar-refractivity contribution in [2.24, 2.45) is 0 Å². The van der Waals surface area contributed by atoms with Gasteiger partial charge >= 0.3 is 0 Å². The number of hydrogen-bond donors (Lipinski definition) is 0. The average molecular weight is 293 g/mol. The van der Waals surface area contributed by atoms with Crippen LogP contribution in [0.1, 0.15) is 43.1 Å². The lowest BCUT2D eigenvalue weighted by molar-refractivity contribution is 0.0649. The molecule has 0 fully saturated rings. The van der Waals surface area contributed by atoms with E-state index in [1.54, 1.807) is 30.3 Å². The van der Waals surface area contributed by atoms with Crippen molar-refractivity contribution < 1.29 is 14.4 Å². The fourth-order valence-electron chi connectivity index (χ4n) is 2.62. The first kappa shape index (κ1) is 14.2. The van der Waals surface area contributed by atoms with Crippen LogP contribution in [0.25, 0.3) is 0 Å². The first-order valence-corrected chi connectivity index (χ1v) is 7.13. The van der Waals surface area contributed by atoms with Crippen molar-refractivity contribution in [2.45, 2.75) is 13.3 Å². The lowest BCUT2D eigenvalue weighted by atomic mass is 10.1. The molecule has 0 atom stereocenters. The van der Waals surface area contributed by atoms with Crippen LogP contribution < -0.4 is 0 Å². The van der Waals surface area contributed by atoms with Crippen LogP contribution in [0.3, 0.4) is 0 Å². The minimum atomic E-state index is -0.322. The zero-order valence-electron chi connectivity index (χ0n) is 12.2. The van der Waals surface area contributed by atoms with Gasteiger partial charge < -0.3 is 0 Å². The monoisotopic (exact) mass is 293 g/mol. The summed E-state index contributed by atoms with van der Waals surface area (Å²) in [5, 5.41) is 0. The molecule has 4 heteroatoms. The molecule has 1 aliphatic heterocycles. The normalized spacial score (nSPS) is 13.4. The van der Waals surface area contributed by atoms with Gasteiger partial charge in [-0.3, -0.25) is 19.3 Å². The minimum Gasteiger partial charge on any atom is -0.294 e. The number of benzene rings is 2. The summed E-state index contributed by atoms with van der Waals surface area (Å²) in [7, 11) is 0. The molecule has 0 aliphatic carbocycles. The van der Waals surface area contributed by atoms with Gasteiger partial charge in [0.1, 0.15) is 0 Å². The van der Waals surface area contributed by atoms with E-state index in [0.29, 0.717) is 16.7 Å².